The van der Waals surface area contributed by atoms with Crippen LogP contribution in [0.25, 0.3) is 0 Å². The topological polar surface area (TPSA) is 75.3 Å². The van der Waals surface area contributed by atoms with Gasteiger partial charge in [-0.3, -0.25) is 4.79 Å². The Labute approximate surface area is 114 Å². The van der Waals surface area contributed by atoms with Crippen LogP contribution < -0.4 is 10.0 Å². The maximum Gasteiger partial charge on any atom is 0.240 e. The molecule has 1 aromatic carbocycles. The number of ketones is 1. The lowest BCUT2D eigenvalue weighted by molar-refractivity contribution is 0.0988. The maximum atomic E-state index is 12.1. The Hall–Kier alpha value is -1.24. The monoisotopic (exact) mass is 284 g/mol. The molecule has 0 aliphatic heterocycles. The summed E-state index contributed by atoms with van der Waals surface area (Å²) in [5, 5.41) is 2.95. The number of sulfonamides is 1. The average Bonchev–Trinajstić information content (AvgIpc) is 2.44. The summed E-state index contributed by atoms with van der Waals surface area (Å²) in [5.74, 6) is -0.0688. The fourth-order valence-corrected chi connectivity index (χ4v) is 2.64. The number of Topliss-reactive ketones (excluding diaryl/α,β-unsaturated/α-hetero) is 1. The summed E-state index contributed by atoms with van der Waals surface area (Å²) in [5.41, 5.74) is 0.423. The standard InChI is InChI=1S/C13H20N2O3S/c1-4-13(16)11-6-5-7-12(8-11)19(17,18)15-9-10(2)14-3/h5-8,10,14-15H,4,9H2,1-3H3. The second-order valence-corrected chi connectivity index (χ2v) is 6.11. The molecule has 0 amide bonds. The molecule has 1 atom stereocenters. The van der Waals surface area contributed by atoms with Gasteiger partial charge >= 0.3 is 0 Å². The SMILES string of the molecule is CCC(=O)c1cccc(S(=O)(=O)NCC(C)NC)c1. The highest BCUT2D eigenvalue weighted by atomic mass is 32.2. The summed E-state index contributed by atoms with van der Waals surface area (Å²) < 4.78 is 26.6. The summed E-state index contributed by atoms with van der Waals surface area (Å²) in [6, 6.07) is 6.15. The number of benzene rings is 1. The van der Waals surface area contributed by atoms with Gasteiger partial charge in [0.25, 0.3) is 0 Å². The van der Waals surface area contributed by atoms with E-state index in [4.69, 9.17) is 0 Å². The largest absolute Gasteiger partial charge is 0.316 e. The van der Waals surface area contributed by atoms with E-state index in [1.54, 1.807) is 26.1 Å². The van der Waals surface area contributed by atoms with Crippen molar-refractivity contribution in [3.05, 3.63) is 29.8 Å². The second kappa shape index (κ2) is 6.79. The molecule has 0 aliphatic carbocycles. The lowest BCUT2D eigenvalue weighted by atomic mass is 10.1. The summed E-state index contributed by atoms with van der Waals surface area (Å²) in [6.07, 6.45) is 0.355. The number of rotatable bonds is 7. The first-order valence-electron chi connectivity index (χ1n) is 6.21. The van der Waals surface area contributed by atoms with Crippen LogP contribution in [0.2, 0.25) is 0 Å². The van der Waals surface area contributed by atoms with Crippen LogP contribution in [0, 0.1) is 0 Å². The fourth-order valence-electron chi connectivity index (χ4n) is 1.46. The van der Waals surface area contributed by atoms with Crippen LogP contribution in [0.3, 0.4) is 0 Å². The van der Waals surface area contributed by atoms with Crippen molar-refractivity contribution in [2.75, 3.05) is 13.6 Å². The molecule has 0 bridgehead atoms. The van der Waals surface area contributed by atoms with E-state index in [1.165, 1.54) is 12.1 Å². The first-order valence-corrected chi connectivity index (χ1v) is 7.69. The zero-order valence-electron chi connectivity index (χ0n) is 11.4. The summed E-state index contributed by atoms with van der Waals surface area (Å²) in [4.78, 5) is 11.7. The molecule has 0 aromatic heterocycles. The minimum Gasteiger partial charge on any atom is -0.316 e. The Kier molecular flexibility index (Phi) is 5.65. The minimum absolute atomic E-state index is 0.0373. The van der Waals surface area contributed by atoms with E-state index in [0.717, 1.165) is 0 Å². The van der Waals surface area contributed by atoms with Gasteiger partial charge in [-0.25, -0.2) is 13.1 Å². The third-order valence-corrected chi connectivity index (χ3v) is 4.28. The lowest BCUT2D eigenvalue weighted by Crippen LogP contribution is -2.37. The highest BCUT2D eigenvalue weighted by Crippen LogP contribution is 2.12. The van der Waals surface area contributed by atoms with Gasteiger partial charge in [-0.05, 0) is 26.1 Å². The Morgan fingerprint density at radius 1 is 1.37 bits per heavy atom. The molecule has 6 heteroatoms. The van der Waals surface area contributed by atoms with Crippen LogP contribution in [0.5, 0.6) is 0 Å². The van der Waals surface area contributed by atoms with Crippen molar-refractivity contribution in [3.63, 3.8) is 0 Å². The Bertz CT molecular complexity index is 541. The first kappa shape index (κ1) is 15.8. The van der Waals surface area contributed by atoms with E-state index in [1.807, 2.05) is 6.92 Å². The molecule has 0 aliphatic rings. The Morgan fingerprint density at radius 3 is 2.63 bits per heavy atom. The van der Waals surface area contributed by atoms with Gasteiger partial charge in [0.15, 0.2) is 5.78 Å². The molecule has 19 heavy (non-hydrogen) atoms. The quantitative estimate of drug-likeness (QED) is 0.737. The molecule has 0 heterocycles. The molecule has 5 nitrogen and oxygen atoms in total. The van der Waals surface area contributed by atoms with Crippen LogP contribution in [0.4, 0.5) is 0 Å². The Balaban J connectivity index is 2.92. The normalized spacial score (nSPS) is 13.2. The zero-order chi connectivity index (χ0) is 14.5. The Morgan fingerprint density at radius 2 is 2.05 bits per heavy atom. The van der Waals surface area contributed by atoms with Crippen LogP contribution >= 0.6 is 0 Å². The van der Waals surface area contributed by atoms with Crippen LogP contribution in [-0.4, -0.2) is 33.8 Å². The molecule has 106 valence electrons. The van der Waals surface area contributed by atoms with Crippen molar-refractivity contribution >= 4 is 15.8 Å². The summed E-state index contributed by atoms with van der Waals surface area (Å²) >= 11 is 0. The van der Waals surface area contributed by atoms with E-state index in [2.05, 4.69) is 10.0 Å². The zero-order valence-corrected chi connectivity index (χ0v) is 12.3. The van der Waals surface area contributed by atoms with Gasteiger partial charge in [0.2, 0.25) is 10.0 Å². The van der Waals surface area contributed by atoms with E-state index < -0.39 is 10.0 Å². The van der Waals surface area contributed by atoms with E-state index in [9.17, 15) is 13.2 Å². The molecule has 1 unspecified atom stereocenters. The van der Waals surface area contributed by atoms with Crippen molar-refractivity contribution in [3.8, 4) is 0 Å². The lowest BCUT2D eigenvalue weighted by Gasteiger charge is -2.12. The number of carbonyl (C=O) groups excluding carboxylic acids is 1. The average molecular weight is 284 g/mol. The van der Waals surface area contributed by atoms with E-state index in [0.29, 0.717) is 18.5 Å². The van der Waals surface area contributed by atoms with Gasteiger partial charge in [-0.1, -0.05) is 19.1 Å². The number of hydrogen-bond acceptors (Lipinski definition) is 4. The number of likely N-dealkylation sites (N-methyl/N-ethyl adjacent to an activating group) is 1. The smallest absolute Gasteiger partial charge is 0.240 e. The number of nitrogens with one attached hydrogen (secondary N) is 2. The molecule has 1 aromatic rings. The summed E-state index contributed by atoms with van der Waals surface area (Å²) in [6.45, 7) is 3.92. The highest BCUT2D eigenvalue weighted by Gasteiger charge is 2.16. The van der Waals surface area contributed by atoms with Gasteiger partial charge in [0.1, 0.15) is 0 Å². The predicted octanol–water partition coefficient (Wildman–Crippen LogP) is 1.17. The van der Waals surface area contributed by atoms with Crippen molar-refractivity contribution in [2.45, 2.75) is 31.2 Å². The van der Waals surface area contributed by atoms with Crippen molar-refractivity contribution in [1.29, 1.82) is 0 Å². The predicted molar refractivity (Wildman–Crippen MR) is 74.8 cm³/mol. The molecule has 0 radical (unpaired) electrons. The first-order chi connectivity index (χ1) is 8.90. The van der Waals surface area contributed by atoms with Crippen molar-refractivity contribution in [1.82, 2.24) is 10.0 Å². The van der Waals surface area contributed by atoms with Crippen LogP contribution in [-0.2, 0) is 10.0 Å². The molecule has 0 spiro atoms. The van der Waals surface area contributed by atoms with Crippen LogP contribution in [0.1, 0.15) is 30.6 Å². The third kappa shape index (κ3) is 4.41. The van der Waals surface area contributed by atoms with Crippen LogP contribution in [0.15, 0.2) is 29.2 Å². The van der Waals surface area contributed by atoms with Crippen molar-refractivity contribution in [2.24, 2.45) is 0 Å². The van der Waals surface area contributed by atoms with E-state index >= 15 is 0 Å². The summed E-state index contributed by atoms with van der Waals surface area (Å²) in [7, 11) is -1.81. The van der Waals surface area contributed by atoms with Gasteiger partial charge in [-0.15, -0.1) is 0 Å². The molecular formula is C13H20N2O3S. The van der Waals surface area contributed by atoms with Gasteiger partial charge in [-0.2, -0.15) is 0 Å². The second-order valence-electron chi connectivity index (χ2n) is 4.35. The molecule has 0 fully saturated rings. The molecule has 1 rings (SSSR count). The number of carbonyl (C=O) groups is 1. The van der Waals surface area contributed by atoms with Gasteiger partial charge < -0.3 is 5.32 Å². The van der Waals surface area contributed by atoms with E-state index in [-0.39, 0.29) is 16.7 Å². The van der Waals surface area contributed by atoms with Gasteiger partial charge in [0.05, 0.1) is 4.90 Å². The number of hydrogen-bond donors (Lipinski definition) is 2. The van der Waals surface area contributed by atoms with Gasteiger partial charge in [0, 0.05) is 24.6 Å². The third-order valence-electron chi connectivity index (χ3n) is 2.86. The fraction of sp³-hybridized carbons (Fsp3) is 0.462. The molecule has 0 saturated carbocycles. The minimum atomic E-state index is -3.57. The maximum absolute atomic E-state index is 12.1. The molecule has 0 saturated heterocycles. The molecular weight excluding hydrogens is 264 g/mol. The highest BCUT2D eigenvalue weighted by molar-refractivity contribution is 7.89. The molecule has 2 N–H and O–H groups in total. The van der Waals surface area contributed by atoms with Crippen molar-refractivity contribution < 1.29 is 13.2 Å².